The summed E-state index contributed by atoms with van der Waals surface area (Å²) < 4.78 is 22.5. The maximum absolute atomic E-state index is 11.3. The van der Waals surface area contributed by atoms with Gasteiger partial charge < -0.3 is 11.1 Å². The molecule has 3 N–H and O–H groups in total. The molecule has 0 bridgehead atoms. The minimum Gasteiger partial charge on any atom is -0.370 e. The van der Waals surface area contributed by atoms with Crippen LogP contribution in [0.25, 0.3) is 0 Å². The van der Waals surface area contributed by atoms with Gasteiger partial charge in [-0.05, 0) is 31.1 Å². The number of guanidine groups is 1. The first kappa shape index (κ1) is 15.3. The zero-order valence-corrected chi connectivity index (χ0v) is 12.2. The summed E-state index contributed by atoms with van der Waals surface area (Å²) in [6, 6.07) is 0. The molecule has 0 aromatic carbocycles. The van der Waals surface area contributed by atoms with E-state index in [2.05, 4.69) is 24.2 Å². The average molecular weight is 275 g/mol. The number of nitrogens with zero attached hydrogens (tertiary/aromatic N) is 1. The number of sulfone groups is 1. The first-order chi connectivity index (χ1) is 8.39. The van der Waals surface area contributed by atoms with Gasteiger partial charge in [0.15, 0.2) is 5.96 Å². The Bertz CT molecular complexity index is 363. The average Bonchev–Trinajstić information content (AvgIpc) is 2.29. The summed E-state index contributed by atoms with van der Waals surface area (Å²) in [5.74, 6) is 2.18. The van der Waals surface area contributed by atoms with Gasteiger partial charge in [0.1, 0.15) is 9.84 Å². The SMILES string of the molecule is CC(C)CN=C(N)NCCC1CCS(=O)(=O)CC1. The summed E-state index contributed by atoms with van der Waals surface area (Å²) in [5, 5.41) is 3.08. The van der Waals surface area contributed by atoms with Crippen molar-refractivity contribution in [3.05, 3.63) is 0 Å². The Hall–Kier alpha value is -0.780. The van der Waals surface area contributed by atoms with Gasteiger partial charge in [-0.2, -0.15) is 0 Å². The molecular weight excluding hydrogens is 250 g/mol. The van der Waals surface area contributed by atoms with Gasteiger partial charge in [0, 0.05) is 13.1 Å². The molecule has 0 spiro atoms. The highest BCUT2D eigenvalue weighted by Crippen LogP contribution is 2.21. The van der Waals surface area contributed by atoms with Crippen molar-refractivity contribution in [2.75, 3.05) is 24.6 Å². The molecule has 1 aliphatic rings. The summed E-state index contributed by atoms with van der Waals surface area (Å²) in [6.07, 6.45) is 2.54. The highest BCUT2D eigenvalue weighted by molar-refractivity contribution is 7.91. The molecule has 0 aliphatic carbocycles. The third-order valence-electron chi connectivity index (χ3n) is 3.16. The summed E-state index contributed by atoms with van der Waals surface area (Å²) in [4.78, 5) is 4.22. The lowest BCUT2D eigenvalue weighted by molar-refractivity contribution is 0.434. The second-order valence-corrected chi connectivity index (χ2v) is 7.73. The van der Waals surface area contributed by atoms with Crippen molar-refractivity contribution in [2.45, 2.75) is 33.1 Å². The maximum atomic E-state index is 11.3. The number of hydrogen-bond acceptors (Lipinski definition) is 3. The zero-order chi connectivity index (χ0) is 13.6. The second kappa shape index (κ2) is 6.97. The molecule has 0 aromatic heterocycles. The van der Waals surface area contributed by atoms with Crippen LogP contribution >= 0.6 is 0 Å². The lowest BCUT2D eigenvalue weighted by Gasteiger charge is -2.21. The minimum absolute atomic E-state index is 0.342. The van der Waals surface area contributed by atoms with Gasteiger partial charge in [0.25, 0.3) is 0 Å². The van der Waals surface area contributed by atoms with Gasteiger partial charge in [-0.3, -0.25) is 4.99 Å². The Balaban J connectivity index is 2.17. The molecule has 1 fully saturated rings. The fraction of sp³-hybridized carbons (Fsp3) is 0.917. The quantitative estimate of drug-likeness (QED) is 0.573. The van der Waals surface area contributed by atoms with Crippen molar-refractivity contribution < 1.29 is 8.42 Å². The van der Waals surface area contributed by atoms with E-state index in [1.54, 1.807) is 0 Å². The molecule has 18 heavy (non-hydrogen) atoms. The van der Waals surface area contributed by atoms with Crippen LogP contribution in [-0.2, 0) is 9.84 Å². The van der Waals surface area contributed by atoms with Crippen molar-refractivity contribution in [1.82, 2.24) is 5.32 Å². The first-order valence-electron chi connectivity index (χ1n) is 6.63. The molecule has 0 saturated carbocycles. The highest BCUT2D eigenvalue weighted by atomic mass is 32.2. The Kier molecular flexibility index (Phi) is 5.91. The van der Waals surface area contributed by atoms with Crippen molar-refractivity contribution in [3.8, 4) is 0 Å². The van der Waals surface area contributed by atoms with Gasteiger partial charge >= 0.3 is 0 Å². The monoisotopic (exact) mass is 275 g/mol. The third-order valence-corrected chi connectivity index (χ3v) is 4.88. The smallest absolute Gasteiger partial charge is 0.188 e. The highest BCUT2D eigenvalue weighted by Gasteiger charge is 2.22. The molecule has 0 atom stereocenters. The number of aliphatic imine (C=N–C) groups is 1. The summed E-state index contributed by atoms with van der Waals surface area (Å²) in [6.45, 7) is 5.71. The van der Waals surface area contributed by atoms with Crippen LogP contribution in [0.15, 0.2) is 4.99 Å². The molecule has 0 unspecified atom stereocenters. The third kappa shape index (κ3) is 6.23. The standard InChI is InChI=1S/C12H25N3O2S/c1-10(2)9-15-12(13)14-6-3-11-4-7-18(16,17)8-5-11/h10-11H,3-9H2,1-2H3,(H3,13,14,15). The van der Waals surface area contributed by atoms with Crippen LogP contribution in [0.2, 0.25) is 0 Å². The van der Waals surface area contributed by atoms with Crippen molar-refractivity contribution in [1.29, 1.82) is 0 Å². The predicted molar refractivity (Wildman–Crippen MR) is 75.3 cm³/mol. The van der Waals surface area contributed by atoms with Crippen LogP contribution in [0.5, 0.6) is 0 Å². The molecule has 0 radical (unpaired) electrons. The van der Waals surface area contributed by atoms with E-state index in [0.717, 1.165) is 32.4 Å². The normalized spacial score (nSPS) is 21.2. The van der Waals surface area contributed by atoms with E-state index in [1.165, 1.54) is 0 Å². The molecule has 0 aromatic rings. The van der Waals surface area contributed by atoms with Crippen molar-refractivity contribution in [3.63, 3.8) is 0 Å². The van der Waals surface area contributed by atoms with Crippen LogP contribution in [0.1, 0.15) is 33.1 Å². The summed E-state index contributed by atoms with van der Waals surface area (Å²) >= 11 is 0. The van der Waals surface area contributed by atoms with Gasteiger partial charge in [0.05, 0.1) is 11.5 Å². The molecule has 1 aliphatic heterocycles. The van der Waals surface area contributed by atoms with Gasteiger partial charge in [-0.15, -0.1) is 0 Å². The van der Waals surface area contributed by atoms with Crippen LogP contribution in [0.4, 0.5) is 0 Å². The summed E-state index contributed by atoms with van der Waals surface area (Å²) in [7, 11) is -2.74. The van der Waals surface area contributed by atoms with E-state index in [-0.39, 0.29) is 0 Å². The number of nitrogens with one attached hydrogen (secondary N) is 1. The van der Waals surface area contributed by atoms with Crippen molar-refractivity contribution >= 4 is 15.8 Å². The van der Waals surface area contributed by atoms with Gasteiger partial charge in [0.2, 0.25) is 0 Å². The van der Waals surface area contributed by atoms with Gasteiger partial charge in [-0.25, -0.2) is 8.42 Å². The number of hydrogen-bond donors (Lipinski definition) is 2. The van der Waals surface area contributed by atoms with Gasteiger partial charge in [-0.1, -0.05) is 13.8 Å². The summed E-state index contributed by atoms with van der Waals surface area (Å²) in [5.41, 5.74) is 5.72. The van der Waals surface area contributed by atoms with E-state index < -0.39 is 9.84 Å². The Morgan fingerprint density at radius 3 is 2.56 bits per heavy atom. The lowest BCUT2D eigenvalue weighted by atomic mass is 9.99. The molecule has 0 amide bonds. The van der Waals surface area contributed by atoms with Crippen LogP contribution in [-0.4, -0.2) is 39.0 Å². The number of nitrogens with two attached hydrogens (primary N) is 1. The first-order valence-corrected chi connectivity index (χ1v) is 8.45. The van der Waals surface area contributed by atoms with E-state index >= 15 is 0 Å². The molecule has 6 heteroatoms. The Morgan fingerprint density at radius 2 is 2.00 bits per heavy atom. The maximum Gasteiger partial charge on any atom is 0.188 e. The van der Waals surface area contributed by atoms with E-state index in [0.29, 0.717) is 29.3 Å². The topological polar surface area (TPSA) is 84.5 Å². The largest absolute Gasteiger partial charge is 0.370 e. The lowest BCUT2D eigenvalue weighted by Crippen LogP contribution is -2.34. The molecule has 1 saturated heterocycles. The zero-order valence-electron chi connectivity index (χ0n) is 11.4. The number of rotatable bonds is 5. The molecule has 5 nitrogen and oxygen atoms in total. The van der Waals surface area contributed by atoms with Crippen LogP contribution in [0, 0.1) is 11.8 Å². The van der Waals surface area contributed by atoms with E-state index in [4.69, 9.17) is 5.73 Å². The Morgan fingerprint density at radius 1 is 1.39 bits per heavy atom. The molecular formula is C12H25N3O2S. The Labute approximate surface area is 110 Å². The molecule has 1 rings (SSSR count). The minimum atomic E-state index is -2.74. The van der Waals surface area contributed by atoms with Crippen molar-refractivity contribution in [2.24, 2.45) is 22.6 Å². The van der Waals surface area contributed by atoms with E-state index in [1.807, 2.05) is 0 Å². The van der Waals surface area contributed by atoms with Crippen LogP contribution in [0.3, 0.4) is 0 Å². The molecule has 106 valence electrons. The van der Waals surface area contributed by atoms with Crippen LogP contribution < -0.4 is 11.1 Å². The second-order valence-electron chi connectivity index (χ2n) is 5.43. The molecule has 1 heterocycles. The van der Waals surface area contributed by atoms with E-state index in [9.17, 15) is 8.42 Å². The fourth-order valence-corrected chi connectivity index (χ4v) is 3.56. The predicted octanol–water partition coefficient (Wildman–Crippen LogP) is 0.762. The fourth-order valence-electron chi connectivity index (χ4n) is 1.97.